The van der Waals surface area contributed by atoms with Gasteiger partial charge in [0.15, 0.2) is 0 Å². The number of carboxylic acid groups (broad SMARTS) is 1. The van der Waals surface area contributed by atoms with Crippen molar-refractivity contribution in [1.82, 2.24) is 0 Å². The number of carboxylic acids is 1. The van der Waals surface area contributed by atoms with E-state index < -0.39 is 29.4 Å². The van der Waals surface area contributed by atoms with Crippen LogP contribution in [0.1, 0.15) is 13.8 Å². The van der Waals surface area contributed by atoms with Gasteiger partial charge in [0.1, 0.15) is 0 Å². The Balaban J connectivity index is 2.67. The second-order valence-corrected chi connectivity index (χ2v) is 4.06. The Labute approximate surface area is 79.4 Å². The van der Waals surface area contributed by atoms with Gasteiger partial charge in [-0.05, 0) is 11.3 Å². The quantitative estimate of drug-likeness (QED) is 0.708. The first-order chi connectivity index (χ1) is 6.16. The third kappa shape index (κ3) is 2.08. The Morgan fingerprint density at radius 3 is 2.21 bits per heavy atom. The van der Waals surface area contributed by atoms with Crippen molar-refractivity contribution in [2.24, 2.45) is 17.3 Å². The van der Waals surface area contributed by atoms with Crippen molar-refractivity contribution in [3.05, 3.63) is 12.2 Å². The first-order valence-corrected chi connectivity index (χ1v) is 4.15. The molecule has 0 amide bonds. The van der Waals surface area contributed by atoms with Crippen LogP contribution in [0.2, 0.25) is 0 Å². The molecule has 0 bridgehead atoms. The van der Waals surface area contributed by atoms with Crippen molar-refractivity contribution in [3.63, 3.8) is 0 Å². The number of hydrogen-bond donors (Lipinski definition) is 1. The van der Waals surface area contributed by atoms with Crippen LogP contribution in [0.25, 0.3) is 0 Å². The molecule has 1 aliphatic rings. The molecule has 0 aromatic carbocycles. The number of rotatable bonds is 2. The van der Waals surface area contributed by atoms with E-state index >= 15 is 0 Å². The van der Waals surface area contributed by atoms with E-state index in [-0.39, 0.29) is 6.08 Å². The predicted octanol–water partition coefficient (Wildman–Crippen LogP) is 2.46. The van der Waals surface area contributed by atoms with Gasteiger partial charge >= 0.3 is 12.1 Å². The van der Waals surface area contributed by atoms with Crippen molar-refractivity contribution in [2.45, 2.75) is 20.0 Å². The van der Waals surface area contributed by atoms with Gasteiger partial charge in [0.2, 0.25) is 0 Å². The third-order valence-electron chi connectivity index (χ3n) is 2.67. The average Bonchev–Trinajstić information content (AvgIpc) is 2.47. The summed E-state index contributed by atoms with van der Waals surface area (Å²) in [4.78, 5) is 10.6. The zero-order chi connectivity index (χ0) is 11.1. The Morgan fingerprint density at radius 2 is 1.93 bits per heavy atom. The first kappa shape index (κ1) is 11.1. The van der Waals surface area contributed by atoms with Crippen LogP contribution in [0.3, 0.4) is 0 Å². The maximum Gasteiger partial charge on any atom is 0.409 e. The summed E-state index contributed by atoms with van der Waals surface area (Å²) >= 11 is 0. The minimum atomic E-state index is -4.36. The highest BCUT2D eigenvalue weighted by molar-refractivity contribution is 5.76. The van der Waals surface area contributed by atoms with Crippen molar-refractivity contribution in [2.75, 3.05) is 0 Å². The van der Waals surface area contributed by atoms with Crippen LogP contribution in [0.5, 0.6) is 0 Å². The molecule has 0 spiro atoms. The summed E-state index contributed by atoms with van der Waals surface area (Å²) in [6, 6.07) is 0. The molecule has 0 unspecified atom stereocenters. The number of allylic oxidation sites excluding steroid dienone is 2. The highest BCUT2D eigenvalue weighted by Crippen LogP contribution is 2.59. The molecule has 1 aliphatic carbocycles. The lowest BCUT2D eigenvalue weighted by molar-refractivity contribution is -0.139. The molecular formula is C9H11F3O2. The maximum absolute atomic E-state index is 11.8. The number of hydrogen-bond acceptors (Lipinski definition) is 1. The molecule has 2 atom stereocenters. The van der Waals surface area contributed by atoms with Gasteiger partial charge in [-0.25, -0.2) is 0 Å². The maximum atomic E-state index is 11.8. The van der Waals surface area contributed by atoms with E-state index in [0.717, 1.165) is 6.08 Å². The highest BCUT2D eigenvalue weighted by Gasteiger charge is 2.60. The summed E-state index contributed by atoms with van der Waals surface area (Å²) in [6.07, 6.45) is -3.30. The Morgan fingerprint density at radius 1 is 1.43 bits per heavy atom. The van der Waals surface area contributed by atoms with Gasteiger partial charge in [0.05, 0.1) is 5.92 Å². The zero-order valence-corrected chi connectivity index (χ0v) is 7.80. The minimum absolute atomic E-state index is 0.113. The van der Waals surface area contributed by atoms with E-state index in [1.165, 1.54) is 0 Å². The smallest absolute Gasteiger partial charge is 0.409 e. The number of carbonyl (C=O) groups is 1. The van der Waals surface area contributed by atoms with Gasteiger partial charge in [-0.15, -0.1) is 0 Å². The summed E-state index contributed by atoms with van der Waals surface area (Å²) in [5.74, 6) is -2.24. The lowest BCUT2D eigenvalue weighted by Gasteiger charge is -1.98. The third-order valence-corrected chi connectivity index (χ3v) is 2.67. The fourth-order valence-electron chi connectivity index (χ4n) is 1.72. The Bertz CT molecular complexity index is 278. The van der Waals surface area contributed by atoms with Crippen LogP contribution in [-0.4, -0.2) is 17.3 Å². The number of halogens is 3. The van der Waals surface area contributed by atoms with Gasteiger partial charge in [-0.1, -0.05) is 19.9 Å². The molecule has 14 heavy (non-hydrogen) atoms. The summed E-state index contributed by atoms with van der Waals surface area (Å²) in [5, 5.41) is 8.67. The summed E-state index contributed by atoms with van der Waals surface area (Å²) in [5.41, 5.74) is -0.562. The Kier molecular flexibility index (Phi) is 2.37. The van der Waals surface area contributed by atoms with E-state index in [4.69, 9.17) is 5.11 Å². The fraction of sp³-hybridized carbons (Fsp3) is 0.667. The van der Waals surface area contributed by atoms with Crippen molar-refractivity contribution < 1.29 is 23.1 Å². The van der Waals surface area contributed by atoms with Gasteiger partial charge in [-0.3, -0.25) is 4.79 Å². The molecule has 0 aliphatic heterocycles. The lowest BCUT2D eigenvalue weighted by atomic mass is 10.1. The summed E-state index contributed by atoms with van der Waals surface area (Å²) in [7, 11) is 0. The van der Waals surface area contributed by atoms with E-state index in [0.29, 0.717) is 0 Å². The van der Waals surface area contributed by atoms with Crippen LogP contribution in [0, 0.1) is 17.3 Å². The molecule has 80 valence electrons. The molecule has 5 heteroatoms. The van der Waals surface area contributed by atoms with Gasteiger partial charge in [0, 0.05) is 6.08 Å². The van der Waals surface area contributed by atoms with Gasteiger partial charge < -0.3 is 5.11 Å². The van der Waals surface area contributed by atoms with Crippen molar-refractivity contribution in [3.8, 4) is 0 Å². The molecular weight excluding hydrogens is 197 g/mol. The first-order valence-electron chi connectivity index (χ1n) is 4.15. The SMILES string of the molecule is CC1(C)[C@H](C(=O)O)[C@@H]1/C=C/C(F)(F)F. The molecule has 1 rings (SSSR count). The second kappa shape index (κ2) is 3.00. The van der Waals surface area contributed by atoms with Crippen LogP contribution >= 0.6 is 0 Å². The molecule has 1 saturated carbocycles. The second-order valence-electron chi connectivity index (χ2n) is 4.06. The number of alkyl halides is 3. The van der Waals surface area contributed by atoms with Gasteiger partial charge in [0.25, 0.3) is 0 Å². The monoisotopic (exact) mass is 208 g/mol. The molecule has 1 fully saturated rings. The highest BCUT2D eigenvalue weighted by atomic mass is 19.4. The van der Waals surface area contributed by atoms with E-state index in [1.54, 1.807) is 13.8 Å². The number of aliphatic carboxylic acids is 1. The van der Waals surface area contributed by atoms with Gasteiger partial charge in [-0.2, -0.15) is 13.2 Å². The van der Waals surface area contributed by atoms with Crippen LogP contribution < -0.4 is 0 Å². The normalized spacial score (nSPS) is 30.6. The lowest BCUT2D eigenvalue weighted by Crippen LogP contribution is -2.03. The molecule has 1 N–H and O–H groups in total. The standard InChI is InChI=1S/C9H11F3O2/c1-8(2)5(6(8)7(13)14)3-4-9(10,11)12/h3-6H,1-2H3,(H,13,14)/b4-3+/t5-,6-/m0/s1. The van der Waals surface area contributed by atoms with Crippen LogP contribution in [0.15, 0.2) is 12.2 Å². The van der Waals surface area contributed by atoms with E-state index in [2.05, 4.69) is 0 Å². The van der Waals surface area contributed by atoms with Crippen LogP contribution in [-0.2, 0) is 4.79 Å². The fourth-order valence-corrected chi connectivity index (χ4v) is 1.72. The topological polar surface area (TPSA) is 37.3 Å². The summed E-state index contributed by atoms with van der Waals surface area (Å²) in [6.45, 7) is 3.30. The predicted molar refractivity (Wildman–Crippen MR) is 43.6 cm³/mol. The largest absolute Gasteiger partial charge is 0.481 e. The molecule has 0 saturated heterocycles. The molecule has 0 radical (unpaired) electrons. The van der Waals surface area contributed by atoms with E-state index in [1.807, 2.05) is 0 Å². The summed E-state index contributed by atoms with van der Waals surface area (Å²) < 4.78 is 35.4. The van der Waals surface area contributed by atoms with Crippen LogP contribution in [0.4, 0.5) is 13.2 Å². The minimum Gasteiger partial charge on any atom is -0.481 e. The Hall–Kier alpha value is -1.00. The zero-order valence-electron chi connectivity index (χ0n) is 7.80. The van der Waals surface area contributed by atoms with Crippen molar-refractivity contribution >= 4 is 5.97 Å². The van der Waals surface area contributed by atoms with Crippen molar-refractivity contribution in [1.29, 1.82) is 0 Å². The molecule has 0 aromatic heterocycles. The van der Waals surface area contributed by atoms with E-state index in [9.17, 15) is 18.0 Å². The molecule has 0 heterocycles. The molecule has 0 aromatic rings. The molecule has 2 nitrogen and oxygen atoms in total. The average molecular weight is 208 g/mol.